The Labute approximate surface area is 153 Å². The molecule has 3 aliphatic rings. The van der Waals surface area contributed by atoms with Crippen LogP contribution < -0.4 is 5.32 Å². The molecule has 0 aromatic heterocycles. The van der Waals surface area contributed by atoms with Crippen LogP contribution in [0.2, 0.25) is 0 Å². The lowest BCUT2D eigenvalue weighted by atomic mass is 9.92. The number of piperidine rings is 2. The molecule has 0 radical (unpaired) electrons. The first kappa shape index (κ1) is 21.0. The fourth-order valence-electron chi connectivity index (χ4n) is 4.34. The van der Waals surface area contributed by atoms with Crippen molar-refractivity contribution < 1.29 is 4.79 Å². The van der Waals surface area contributed by atoms with Crippen LogP contribution in [-0.4, -0.2) is 60.5 Å². The highest BCUT2D eigenvalue weighted by Crippen LogP contribution is 2.25. The summed E-state index contributed by atoms with van der Waals surface area (Å²) in [6.45, 7) is 7.81. The van der Waals surface area contributed by atoms with E-state index in [1.54, 1.807) is 0 Å². The van der Waals surface area contributed by atoms with Crippen molar-refractivity contribution in [3.8, 4) is 0 Å². The van der Waals surface area contributed by atoms with E-state index in [0.717, 1.165) is 44.9 Å². The van der Waals surface area contributed by atoms with Crippen LogP contribution in [0.15, 0.2) is 0 Å². The predicted octanol–water partition coefficient (Wildman–Crippen LogP) is 2.70. The molecule has 3 saturated heterocycles. The first-order chi connectivity index (χ1) is 10.2. The molecule has 0 spiro atoms. The Morgan fingerprint density at radius 2 is 1.83 bits per heavy atom. The third-order valence-corrected chi connectivity index (χ3v) is 5.73. The Hall–Kier alpha value is -0.0300. The molecule has 3 heterocycles. The predicted molar refractivity (Wildman–Crippen MR) is 99.7 cm³/mol. The van der Waals surface area contributed by atoms with Crippen molar-refractivity contribution in [2.75, 3.05) is 32.7 Å². The zero-order valence-electron chi connectivity index (χ0n) is 14.3. The molecule has 3 aliphatic heterocycles. The van der Waals surface area contributed by atoms with E-state index >= 15 is 0 Å². The van der Waals surface area contributed by atoms with Gasteiger partial charge in [0, 0.05) is 31.6 Å². The minimum atomic E-state index is 0. The summed E-state index contributed by atoms with van der Waals surface area (Å²) in [5, 5.41) is 3.40. The Morgan fingerprint density at radius 1 is 1.09 bits per heavy atom. The van der Waals surface area contributed by atoms with Crippen molar-refractivity contribution in [3.05, 3.63) is 0 Å². The number of halogens is 2. The van der Waals surface area contributed by atoms with Crippen LogP contribution >= 0.6 is 24.8 Å². The smallest absolute Gasteiger partial charge is 0.222 e. The molecule has 0 aromatic rings. The van der Waals surface area contributed by atoms with Crippen molar-refractivity contribution >= 4 is 30.7 Å². The molecular formula is C17H33Cl2N3O. The fraction of sp³-hybridized carbons (Fsp3) is 0.941. The molecule has 4 nitrogen and oxygen atoms in total. The lowest BCUT2D eigenvalue weighted by molar-refractivity contribution is -0.138. The lowest BCUT2D eigenvalue weighted by Crippen LogP contribution is -2.60. The first-order valence-corrected chi connectivity index (χ1v) is 8.98. The van der Waals surface area contributed by atoms with E-state index in [1.807, 2.05) is 0 Å². The number of rotatable bonds is 3. The highest BCUT2D eigenvalue weighted by Gasteiger charge is 2.35. The van der Waals surface area contributed by atoms with E-state index in [2.05, 4.69) is 22.0 Å². The zero-order valence-corrected chi connectivity index (χ0v) is 16.0. The SMILES string of the molecule is CC1CN2CCCCC2CN1C(=O)CCC1CCNCC1.Cl.Cl. The Balaban J connectivity index is 0.00000132. The number of hydrogen-bond donors (Lipinski definition) is 1. The van der Waals surface area contributed by atoms with E-state index in [1.165, 1.54) is 38.6 Å². The van der Waals surface area contributed by atoms with Gasteiger partial charge in [-0.05, 0) is 64.6 Å². The van der Waals surface area contributed by atoms with Gasteiger partial charge in [0.05, 0.1) is 0 Å². The van der Waals surface area contributed by atoms with E-state index < -0.39 is 0 Å². The highest BCUT2D eigenvalue weighted by atomic mass is 35.5. The van der Waals surface area contributed by atoms with Gasteiger partial charge in [0.25, 0.3) is 0 Å². The van der Waals surface area contributed by atoms with Crippen molar-refractivity contribution in [1.29, 1.82) is 0 Å². The molecule has 23 heavy (non-hydrogen) atoms. The number of nitrogens with zero attached hydrogens (tertiary/aromatic N) is 2. The van der Waals surface area contributed by atoms with Crippen LogP contribution in [-0.2, 0) is 4.79 Å². The molecule has 0 bridgehead atoms. The van der Waals surface area contributed by atoms with Gasteiger partial charge < -0.3 is 10.2 Å². The average Bonchev–Trinajstić information content (AvgIpc) is 2.53. The molecule has 3 rings (SSSR count). The molecule has 1 N–H and O–H groups in total. The topological polar surface area (TPSA) is 35.6 Å². The van der Waals surface area contributed by atoms with Gasteiger partial charge in [0.1, 0.15) is 0 Å². The summed E-state index contributed by atoms with van der Waals surface area (Å²) in [6.07, 6.45) is 8.32. The molecule has 3 fully saturated rings. The van der Waals surface area contributed by atoms with E-state index in [0.29, 0.717) is 18.0 Å². The molecule has 2 atom stereocenters. The minimum Gasteiger partial charge on any atom is -0.337 e. The Morgan fingerprint density at radius 3 is 2.57 bits per heavy atom. The number of hydrogen-bond acceptors (Lipinski definition) is 3. The summed E-state index contributed by atoms with van der Waals surface area (Å²) >= 11 is 0. The summed E-state index contributed by atoms with van der Waals surface area (Å²) in [4.78, 5) is 17.4. The van der Waals surface area contributed by atoms with Gasteiger partial charge in [-0.25, -0.2) is 0 Å². The maximum atomic E-state index is 12.6. The standard InChI is InChI=1S/C17H31N3O.2ClH/c1-14-12-19-11-3-2-4-16(19)13-20(14)17(21)6-5-15-7-9-18-10-8-15;;/h14-16,18H,2-13H2,1H3;2*1H. The van der Waals surface area contributed by atoms with E-state index in [-0.39, 0.29) is 24.8 Å². The second-order valence-electron chi connectivity index (χ2n) is 7.27. The number of carbonyl (C=O) groups is 1. The Kier molecular flexibility index (Phi) is 9.20. The number of piperazine rings is 1. The second kappa shape index (κ2) is 10.1. The van der Waals surface area contributed by atoms with Crippen LogP contribution in [0.25, 0.3) is 0 Å². The Bertz CT molecular complexity index is 364. The molecule has 0 aromatic carbocycles. The third kappa shape index (κ3) is 5.48. The second-order valence-corrected chi connectivity index (χ2v) is 7.27. The third-order valence-electron chi connectivity index (χ3n) is 5.73. The highest BCUT2D eigenvalue weighted by molar-refractivity contribution is 5.85. The number of amides is 1. The van der Waals surface area contributed by atoms with Crippen LogP contribution in [0.5, 0.6) is 0 Å². The van der Waals surface area contributed by atoms with Gasteiger partial charge in [-0.1, -0.05) is 6.42 Å². The van der Waals surface area contributed by atoms with Gasteiger partial charge in [-0.15, -0.1) is 24.8 Å². The van der Waals surface area contributed by atoms with Crippen LogP contribution in [0.3, 0.4) is 0 Å². The fourth-order valence-corrected chi connectivity index (χ4v) is 4.34. The zero-order chi connectivity index (χ0) is 14.7. The monoisotopic (exact) mass is 365 g/mol. The van der Waals surface area contributed by atoms with Crippen molar-refractivity contribution in [1.82, 2.24) is 15.1 Å². The van der Waals surface area contributed by atoms with E-state index in [4.69, 9.17) is 0 Å². The van der Waals surface area contributed by atoms with Crippen LogP contribution in [0, 0.1) is 5.92 Å². The van der Waals surface area contributed by atoms with E-state index in [9.17, 15) is 4.79 Å². The number of carbonyl (C=O) groups excluding carboxylic acids is 1. The van der Waals surface area contributed by atoms with Crippen LogP contribution in [0.1, 0.15) is 51.9 Å². The summed E-state index contributed by atoms with van der Waals surface area (Å²) in [5.41, 5.74) is 0. The lowest BCUT2D eigenvalue weighted by Gasteiger charge is -2.47. The summed E-state index contributed by atoms with van der Waals surface area (Å²) < 4.78 is 0. The molecule has 0 aliphatic carbocycles. The molecule has 2 unspecified atom stereocenters. The maximum Gasteiger partial charge on any atom is 0.222 e. The van der Waals surface area contributed by atoms with Crippen molar-refractivity contribution in [2.24, 2.45) is 5.92 Å². The van der Waals surface area contributed by atoms with Gasteiger partial charge in [-0.2, -0.15) is 0 Å². The van der Waals surface area contributed by atoms with Gasteiger partial charge in [0.15, 0.2) is 0 Å². The normalized spacial score (nSPS) is 29.2. The minimum absolute atomic E-state index is 0. The molecular weight excluding hydrogens is 333 g/mol. The largest absolute Gasteiger partial charge is 0.337 e. The first-order valence-electron chi connectivity index (χ1n) is 8.98. The number of fused-ring (bicyclic) bond motifs is 1. The van der Waals surface area contributed by atoms with Crippen LogP contribution in [0.4, 0.5) is 0 Å². The molecule has 1 amide bonds. The summed E-state index contributed by atoms with van der Waals surface area (Å²) in [6, 6.07) is 1.04. The van der Waals surface area contributed by atoms with Gasteiger partial charge >= 0.3 is 0 Å². The molecule has 0 saturated carbocycles. The van der Waals surface area contributed by atoms with Gasteiger partial charge in [-0.3, -0.25) is 9.69 Å². The van der Waals surface area contributed by atoms with Crippen molar-refractivity contribution in [3.63, 3.8) is 0 Å². The summed E-state index contributed by atoms with van der Waals surface area (Å²) in [7, 11) is 0. The molecule has 6 heteroatoms. The van der Waals surface area contributed by atoms with Gasteiger partial charge in [0.2, 0.25) is 5.91 Å². The molecule has 136 valence electrons. The average molecular weight is 366 g/mol. The number of nitrogens with one attached hydrogen (secondary N) is 1. The van der Waals surface area contributed by atoms with Crippen molar-refractivity contribution in [2.45, 2.75) is 64.0 Å². The quantitative estimate of drug-likeness (QED) is 0.834. The maximum absolute atomic E-state index is 12.6. The summed E-state index contributed by atoms with van der Waals surface area (Å²) in [5.74, 6) is 1.17.